The van der Waals surface area contributed by atoms with E-state index in [0.717, 1.165) is 11.0 Å². The number of hydrogen-bond donors (Lipinski definition) is 0. The van der Waals surface area contributed by atoms with Crippen molar-refractivity contribution in [2.24, 2.45) is 5.92 Å². The van der Waals surface area contributed by atoms with Crippen LogP contribution in [0.4, 0.5) is 13.2 Å². The van der Waals surface area contributed by atoms with E-state index in [1.54, 1.807) is 16.7 Å². The van der Waals surface area contributed by atoms with E-state index in [1.165, 1.54) is 6.92 Å². The summed E-state index contributed by atoms with van der Waals surface area (Å²) in [5.41, 5.74) is 0. The number of aromatic nitrogens is 3. The second-order valence-corrected chi connectivity index (χ2v) is 6.54. The van der Waals surface area contributed by atoms with Gasteiger partial charge in [0.05, 0.1) is 12.0 Å². The smallest absolute Gasteiger partial charge is 0.342 e. The molecule has 1 aromatic heterocycles. The summed E-state index contributed by atoms with van der Waals surface area (Å²) in [4.78, 5) is 27.6. The Bertz CT molecular complexity index is 687. The van der Waals surface area contributed by atoms with Crippen molar-refractivity contribution in [2.75, 3.05) is 19.6 Å². The highest BCUT2D eigenvalue weighted by Gasteiger charge is 2.42. The van der Waals surface area contributed by atoms with Gasteiger partial charge in [-0.25, -0.2) is 0 Å². The Morgan fingerprint density at radius 1 is 1.16 bits per heavy atom. The van der Waals surface area contributed by atoms with Gasteiger partial charge in [0.25, 0.3) is 0 Å². The summed E-state index contributed by atoms with van der Waals surface area (Å²) in [6.07, 6.45) is -3.15. The Kier molecular flexibility index (Phi) is 4.46. The van der Waals surface area contributed by atoms with E-state index >= 15 is 0 Å². The fraction of sp³-hybridized carbons (Fsp3) is 0.733. The van der Waals surface area contributed by atoms with Crippen LogP contribution in [0.3, 0.4) is 0 Å². The third-order valence-corrected chi connectivity index (χ3v) is 4.94. The third kappa shape index (κ3) is 3.21. The third-order valence-electron chi connectivity index (χ3n) is 4.94. The number of halogens is 3. The van der Waals surface area contributed by atoms with Crippen molar-refractivity contribution in [1.29, 1.82) is 0 Å². The molecule has 0 spiro atoms. The molecule has 25 heavy (non-hydrogen) atoms. The van der Waals surface area contributed by atoms with E-state index in [4.69, 9.17) is 0 Å². The molecule has 138 valence electrons. The molecule has 1 aromatic rings. The zero-order chi connectivity index (χ0) is 18.4. The van der Waals surface area contributed by atoms with Crippen molar-refractivity contribution in [2.45, 2.75) is 45.5 Å². The quantitative estimate of drug-likeness (QED) is 0.761. The Balaban J connectivity index is 1.77. The Morgan fingerprint density at radius 3 is 2.52 bits per heavy atom. The molecule has 2 amide bonds. The van der Waals surface area contributed by atoms with Gasteiger partial charge in [-0.2, -0.15) is 13.2 Å². The fourth-order valence-corrected chi connectivity index (χ4v) is 3.60. The molecular formula is C15H20F3N5O2. The number of piperidine rings is 1. The minimum atomic E-state index is -4.57. The maximum absolute atomic E-state index is 13.0. The second kappa shape index (κ2) is 6.30. The summed E-state index contributed by atoms with van der Waals surface area (Å²) in [6.45, 7) is 4.30. The molecule has 2 atom stereocenters. The van der Waals surface area contributed by atoms with Crippen LogP contribution in [0.2, 0.25) is 0 Å². The van der Waals surface area contributed by atoms with Crippen LogP contribution in [0.1, 0.15) is 44.4 Å². The SMILES string of the molecule is CC(=O)N1CCCC(C(=O)N2CCn3c(nnc3C(F)(F)F)C2C)C1. The maximum atomic E-state index is 13.0. The van der Waals surface area contributed by atoms with Gasteiger partial charge in [0.15, 0.2) is 5.82 Å². The van der Waals surface area contributed by atoms with Gasteiger partial charge in [0.2, 0.25) is 17.6 Å². The van der Waals surface area contributed by atoms with Crippen molar-refractivity contribution in [3.05, 3.63) is 11.6 Å². The van der Waals surface area contributed by atoms with Gasteiger partial charge in [-0.3, -0.25) is 9.59 Å². The molecule has 3 heterocycles. The number of carbonyl (C=O) groups is 2. The molecule has 0 saturated carbocycles. The first-order chi connectivity index (χ1) is 11.7. The summed E-state index contributed by atoms with van der Waals surface area (Å²) in [6, 6.07) is -0.586. The number of hydrogen-bond acceptors (Lipinski definition) is 4. The molecule has 3 rings (SSSR count). The molecular weight excluding hydrogens is 339 g/mol. The van der Waals surface area contributed by atoms with Gasteiger partial charge in [-0.15, -0.1) is 10.2 Å². The molecule has 0 aromatic carbocycles. The van der Waals surface area contributed by atoms with Gasteiger partial charge in [-0.1, -0.05) is 0 Å². The highest BCUT2D eigenvalue weighted by Crippen LogP contribution is 2.33. The summed E-state index contributed by atoms with van der Waals surface area (Å²) >= 11 is 0. The highest BCUT2D eigenvalue weighted by atomic mass is 19.4. The molecule has 2 aliphatic heterocycles. The van der Waals surface area contributed by atoms with Crippen LogP contribution in [0.15, 0.2) is 0 Å². The van der Waals surface area contributed by atoms with Crippen LogP contribution in [0.5, 0.6) is 0 Å². The van der Waals surface area contributed by atoms with E-state index in [9.17, 15) is 22.8 Å². The zero-order valence-electron chi connectivity index (χ0n) is 14.1. The number of rotatable bonds is 1. The molecule has 10 heteroatoms. The minimum absolute atomic E-state index is 0.0103. The fourth-order valence-electron chi connectivity index (χ4n) is 3.60. The highest BCUT2D eigenvalue weighted by molar-refractivity contribution is 5.81. The maximum Gasteiger partial charge on any atom is 0.451 e. The first-order valence-electron chi connectivity index (χ1n) is 8.26. The van der Waals surface area contributed by atoms with E-state index < -0.39 is 18.0 Å². The second-order valence-electron chi connectivity index (χ2n) is 6.54. The Labute approximate surface area is 142 Å². The van der Waals surface area contributed by atoms with Crippen LogP contribution in [0.25, 0.3) is 0 Å². The van der Waals surface area contributed by atoms with Gasteiger partial charge >= 0.3 is 6.18 Å². The Morgan fingerprint density at radius 2 is 1.88 bits per heavy atom. The average Bonchev–Trinajstić information content (AvgIpc) is 3.00. The first kappa shape index (κ1) is 17.7. The standard InChI is InChI=1S/C15H20F3N5O2/c1-9-12-19-20-14(15(16,17)18)23(12)7-6-22(9)13(25)11-4-3-5-21(8-11)10(2)24/h9,11H,3-8H2,1-2H3. The van der Waals surface area contributed by atoms with Gasteiger partial charge in [-0.05, 0) is 19.8 Å². The average molecular weight is 359 g/mol. The molecule has 2 aliphatic rings. The van der Waals surface area contributed by atoms with Crippen LogP contribution in [-0.2, 0) is 22.3 Å². The first-order valence-corrected chi connectivity index (χ1v) is 8.26. The molecule has 0 N–H and O–H groups in total. The summed E-state index contributed by atoms with van der Waals surface area (Å²) in [5.74, 6) is -1.41. The number of alkyl halides is 3. The molecule has 2 unspecified atom stereocenters. The number of amides is 2. The molecule has 0 radical (unpaired) electrons. The summed E-state index contributed by atoms with van der Waals surface area (Å²) in [7, 11) is 0. The van der Waals surface area contributed by atoms with E-state index in [1.807, 2.05) is 0 Å². The van der Waals surface area contributed by atoms with Gasteiger partial charge in [0.1, 0.15) is 0 Å². The molecule has 0 bridgehead atoms. The number of nitrogens with zero attached hydrogens (tertiary/aromatic N) is 5. The predicted octanol–water partition coefficient (Wildman–Crippen LogP) is 1.46. The minimum Gasteiger partial charge on any atom is -0.342 e. The van der Waals surface area contributed by atoms with Crippen molar-refractivity contribution >= 4 is 11.8 Å². The van der Waals surface area contributed by atoms with E-state index in [2.05, 4.69) is 10.2 Å². The topological polar surface area (TPSA) is 71.3 Å². The van der Waals surface area contributed by atoms with Crippen molar-refractivity contribution in [1.82, 2.24) is 24.6 Å². The van der Waals surface area contributed by atoms with E-state index in [0.29, 0.717) is 19.5 Å². The van der Waals surface area contributed by atoms with Crippen LogP contribution in [-0.4, -0.2) is 56.0 Å². The lowest BCUT2D eigenvalue weighted by atomic mass is 9.95. The van der Waals surface area contributed by atoms with E-state index in [-0.39, 0.29) is 36.6 Å². The van der Waals surface area contributed by atoms with Crippen molar-refractivity contribution in [3.8, 4) is 0 Å². The largest absolute Gasteiger partial charge is 0.451 e. The molecule has 7 nitrogen and oxygen atoms in total. The number of fused-ring (bicyclic) bond motifs is 1. The van der Waals surface area contributed by atoms with Crippen LogP contribution in [0, 0.1) is 5.92 Å². The van der Waals surface area contributed by atoms with Gasteiger partial charge < -0.3 is 14.4 Å². The number of carbonyl (C=O) groups excluding carboxylic acids is 2. The lowest BCUT2D eigenvalue weighted by Gasteiger charge is -2.39. The zero-order valence-corrected chi connectivity index (χ0v) is 14.1. The normalized spacial score (nSPS) is 24.2. The monoisotopic (exact) mass is 359 g/mol. The summed E-state index contributed by atoms with van der Waals surface area (Å²) < 4.78 is 39.9. The van der Waals surface area contributed by atoms with Crippen LogP contribution < -0.4 is 0 Å². The number of likely N-dealkylation sites (tertiary alicyclic amines) is 1. The molecule has 1 fully saturated rings. The predicted molar refractivity (Wildman–Crippen MR) is 80.1 cm³/mol. The lowest BCUT2D eigenvalue weighted by Crippen LogP contribution is -2.49. The van der Waals surface area contributed by atoms with Crippen molar-refractivity contribution in [3.63, 3.8) is 0 Å². The van der Waals surface area contributed by atoms with Gasteiger partial charge in [0, 0.05) is 33.1 Å². The van der Waals surface area contributed by atoms with Crippen LogP contribution >= 0.6 is 0 Å². The molecule has 0 aliphatic carbocycles. The summed E-state index contributed by atoms with van der Waals surface area (Å²) in [5, 5.41) is 6.92. The molecule has 1 saturated heterocycles. The van der Waals surface area contributed by atoms with Crippen molar-refractivity contribution < 1.29 is 22.8 Å². The lowest BCUT2D eigenvalue weighted by molar-refractivity contribution is -0.149. The Hall–Kier alpha value is -2.13.